The molecule has 0 saturated heterocycles. The number of hydrogen-bond acceptors (Lipinski definition) is 4. The van der Waals surface area contributed by atoms with Crippen LogP contribution in [0.25, 0.3) is 0 Å². The van der Waals surface area contributed by atoms with Crippen molar-refractivity contribution in [3.05, 3.63) is 71.8 Å². The van der Waals surface area contributed by atoms with Gasteiger partial charge >= 0.3 is 0 Å². The van der Waals surface area contributed by atoms with Gasteiger partial charge in [-0.15, -0.1) is 0 Å². The van der Waals surface area contributed by atoms with Crippen LogP contribution in [0.2, 0.25) is 0 Å². The molecule has 2 aromatic carbocycles. The monoisotopic (exact) mass is 330 g/mol. The highest BCUT2D eigenvalue weighted by Gasteiger charge is 2.18. The van der Waals surface area contributed by atoms with Gasteiger partial charge < -0.3 is 9.47 Å². The molecule has 0 radical (unpaired) electrons. The van der Waals surface area contributed by atoms with E-state index in [1.165, 1.54) is 0 Å². The van der Waals surface area contributed by atoms with Gasteiger partial charge in [0, 0.05) is 11.1 Å². The van der Waals surface area contributed by atoms with Crippen molar-refractivity contribution in [3.63, 3.8) is 0 Å². The molecule has 0 aliphatic carbocycles. The van der Waals surface area contributed by atoms with Crippen LogP contribution in [0.5, 0.6) is 11.5 Å². The Kier molecular flexibility index (Phi) is 4.67. The van der Waals surface area contributed by atoms with E-state index in [0.717, 1.165) is 0 Å². The Hall–Kier alpha value is -2.27. The first kappa shape index (κ1) is 15.6. The van der Waals surface area contributed by atoms with Crippen LogP contribution in [0.3, 0.4) is 0 Å². The molecule has 2 aromatic rings. The van der Waals surface area contributed by atoms with Crippen molar-refractivity contribution in [2.45, 2.75) is 11.5 Å². The van der Waals surface area contributed by atoms with Gasteiger partial charge in [0.1, 0.15) is 24.7 Å². The predicted octanol–water partition coefficient (Wildman–Crippen LogP) is 3.13. The van der Waals surface area contributed by atoms with E-state index in [1.807, 2.05) is 36.4 Å². The summed E-state index contributed by atoms with van der Waals surface area (Å²) in [7, 11) is -3.33. The summed E-state index contributed by atoms with van der Waals surface area (Å²) in [5.74, 6) is 1.10. The van der Waals surface area contributed by atoms with E-state index >= 15 is 0 Å². The topological polar surface area (TPSA) is 52.6 Å². The smallest absolute Gasteiger partial charge is 0.158 e. The normalized spacial score (nSPS) is 18.6. The van der Waals surface area contributed by atoms with Crippen molar-refractivity contribution in [1.29, 1.82) is 0 Å². The van der Waals surface area contributed by atoms with E-state index in [-0.39, 0.29) is 11.5 Å². The SMILES string of the molecule is O=S1(=O)Cc2ccccc2OC/C=C/COc2ccccc2C1. The Morgan fingerprint density at radius 2 is 1.13 bits per heavy atom. The van der Waals surface area contributed by atoms with Gasteiger partial charge in [-0.3, -0.25) is 0 Å². The van der Waals surface area contributed by atoms with Gasteiger partial charge in [0.2, 0.25) is 0 Å². The fraction of sp³-hybridized carbons (Fsp3) is 0.222. The van der Waals surface area contributed by atoms with Crippen molar-refractivity contribution < 1.29 is 17.9 Å². The maximum atomic E-state index is 12.6. The Balaban J connectivity index is 1.98. The van der Waals surface area contributed by atoms with Gasteiger partial charge in [-0.05, 0) is 24.3 Å². The zero-order chi connectivity index (χ0) is 16.1. The van der Waals surface area contributed by atoms with Crippen molar-refractivity contribution in [2.24, 2.45) is 0 Å². The summed E-state index contributed by atoms with van der Waals surface area (Å²) in [5, 5.41) is 0. The van der Waals surface area contributed by atoms with Crippen LogP contribution >= 0.6 is 0 Å². The maximum Gasteiger partial charge on any atom is 0.158 e. The highest BCUT2D eigenvalue weighted by molar-refractivity contribution is 7.89. The molecule has 0 atom stereocenters. The maximum absolute atomic E-state index is 12.6. The van der Waals surface area contributed by atoms with Gasteiger partial charge in [0.15, 0.2) is 9.84 Å². The quantitative estimate of drug-likeness (QED) is 0.697. The lowest BCUT2D eigenvalue weighted by molar-refractivity contribution is 0.348. The fourth-order valence-corrected chi connectivity index (χ4v) is 3.99. The Labute approximate surface area is 136 Å². The molecule has 120 valence electrons. The molecule has 23 heavy (non-hydrogen) atoms. The Morgan fingerprint density at radius 1 is 0.696 bits per heavy atom. The largest absolute Gasteiger partial charge is 0.489 e. The van der Waals surface area contributed by atoms with Gasteiger partial charge in [0.05, 0.1) is 11.5 Å². The van der Waals surface area contributed by atoms with Crippen LogP contribution in [0.15, 0.2) is 60.7 Å². The molecule has 0 fully saturated rings. The van der Waals surface area contributed by atoms with Crippen LogP contribution in [-0.2, 0) is 21.3 Å². The molecule has 0 aromatic heterocycles. The number of hydrogen-bond donors (Lipinski definition) is 0. The third kappa shape index (κ3) is 4.13. The van der Waals surface area contributed by atoms with Gasteiger partial charge in [-0.1, -0.05) is 36.4 Å². The number of para-hydroxylation sites is 2. The van der Waals surface area contributed by atoms with Gasteiger partial charge in [0.25, 0.3) is 0 Å². The highest BCUT2D eigenvalue weighted by Crippen LogP contribution is 2.25. The number of sulfone groups is 1. The minimum atomic E-state index is -3.33. The summed E-state index contributed by atoms with van der Waals surface area (Å²) in [6.45, 7) is 0.754. The van der Waals surface area contributed by atoms with Gasteiger partial charge in [-0.25, -0.2) is 8.42 Å². The Bertz CT molecular complexity index is 748. The number of rotatable bonds is 0. The minimum absolute atomic E-state index is 0.0543. The summed E-state index contributed by atoms with van der Waals surface area (Å²) < 4.78 is 36.5. The summed E-state index contributed by atoms with van der Waals surface area (Å²) in [6.07, 6.45) is 3.73. The molecule has 4 nitrogen and oxygen atoms in total. The van der Waals surface area contributed by atoms with Crippen LogP contribution in [0, 0.1) is 0 Å². The summed E-state index contributed by atoms with van der Waals surface area (Å²) in [5.41, 5.74) is 1.36. The molecule has 0 unspecified atom stereocenters. The molecule has 0 saturated carbocycles. The summed E-state index contributed by atoms with van der Waals surface area (Å²) >= 11 is 0. The third-order valence-electron chi connectivity index (χ3n) is 3.53. The molecular weight excluding hydrogens is 312 g/mol. The van der Waals surface area contributed by atoms with Crippen LogP contribution in [0.4, 0.5) is 0 Å². The molecule has 0 N–H and O–H groups in total. The summed E-state index contributed by atoms with van der Waals surface area (Å²) in [6, 6.07) is 14.5. The molecule has 5 heteroatoms. The second-order valence-electron chi connectivity index (χ2n) is 5.34. The van der Waals surface area contributed by atoms with Crippen LogP contribution < -0.4 is 9.47 Å². The lowest BCUT2D eigenvalue weighted by atomic mass is 10.2. The van der Waals surface area contributed by atoms with Crippen LogP contribution in [-0.4, -0.2) is 21.6 Å². The van der Waals surface area contributed by atoms with Crippen molar-refractivity contribution >= 4 is 9.84 Å². The Morgan fingerprint density at radius 3 is 1.61 bits per heavy atom. The van der Waals surface area contributed by atoms with E-state index < -0.39 is 9.84 Å². The predicted molar refractivity (Wildman–Crippen MR) is 89.3 cm³/mol. The number of benzene rings is 2. The van der Waals surface area contributed by atoms with E-state index in [0.29, 0.717) is 35.8 Å². The molecule has 0 amide bonds. The standard InChI is InChI=1S/C18H18O4S/c19-23(20)13-15-7-1-3-9-17(15)21-11-5-6-12-22-18-10-4-2-8-16(18)14-23/h1-10H,11-14H2/b6-5+. The molecule has 0 bridgehead atoms. The molecule has 1 aliphatic rings. The lowest BCUT2D eigenvalue weighted by Crippen LogP contribution is -2.10. The van der Waals surface area contributed by atoms with E-state index in [1.54, 1.807) is 24.3 Å². The molecule has 1 aliphatic heterocycles. The first-order chi connectivity index (χ1) is 11.1. The van der Waals surface area contributed by atoms with Crippen molar-refractivity contribution in [1.82, 2.24) is 0 Å². The first-order valence-corrected chi connectivity index (χ1v) is 9.23. The number of fused-ring (bicyclic) bond motifs is 2. The average Bonchev–Trinajstić information content (AvgIpc) is 2.53. The van der Waals surface area contributed by atoms with Crippen molar-refractivity contribution in [2.75, 3.05) is 13.2 Å². The van der Waals surface area contributed by atoms with Crippen LogP contribution in [0.1, 0.15) is 11.1 Å². The van der Waals surface area contributed by atoms with E-state index in [2.05, 4.69) is 0 Å². The molecular formula is C18H18O4S. The lowest BCUT2D eigenvalue weighted by Gasteiger charge is -2.12. The average molecular weight is 330 g/mol. The van der Waals surface area contributed by atoms with Crippen molar-refractivity contribution in [3.8, 4) is 11.5 Å². The molecule has 3 rings (SSSR count). The molecule has 0 spiro atoms. The molecule has 1 heterocycles. The number of ether oxygens (including phenoxy) is 2. The second kappa shape index (κ2) is 6.87. The highest BCUT2D eigenvalue weighted by atomic mass is 32.2. The van der Waals surface area contributed by atoms with E-state index in [4.69, 9.17) is 9.47 Å². The van der Waals surface area contributed by atoms with Gasteiger partial charge in [-0.2, -0.15) is 0 Å². The third-order valence-corrected chi connectivity index (χ3v) is 5.03. The minimum Gasteiger partial charge on any atom is -0.489 e. The van der Waals surface area contributed by atoms with E-state index in [9.17, 15) is 8.42 Å². The zero-order valence-corrected chi connectivity index (χ0v) is 13.5. The zero-order valence-electron chi connectivity index (χ0n) is 12.6. The second-order valence-corrected chi connectivity index (χ2v) is 7.41. The summed E-state index contributed by atoms with van der Waals surface area (Å²) in [4.78, 5) is 0. The fourth-order valence-electron chi connectivity index (χ4n) is 2.46. The first-order valence-electron chi connectivity index (χ1n) is 7.41.